The summed E-state index contributed by atoms with van der Waals surface area (Å²) in [6, 6.07) is 8.73. The molecule has 8 heteroatoms. The molecule has 4 N–H and O–H groups in total. The molecule has 0 bridgehead atoms. The van der Waals surface area contributed by atoms with Gasteiger partial charge in [0.05, 0.1) is 6.54 Å². The molecule has 0 unspecified atom stereocenters. The number of carbonyl (C=O) groups excluding carboxylic acids is 1. The number of hydrogen-bond donors (Lipinski definition) is 3. The van der Waals surface area contributed by atoms with E-state index in [2.05, 4.69) is 20.6 Å². The van der Waals surface area contributed by atoms with Crippen molar-refractivity contribution in [2.45, 2.75) is 6.92 Å². The molecule has 0 aliphatic carbocycles. The van der Waals surface area contributed by atoms with E-state index in [4.69, 9.17) is 22.1 Å². The Labute approximate surface area is 132 Å². The van der Waals surface area contributed by atoms with E-state index in [1.807, 2.05) is 6.07 Å². The van der Waals surface area contributed by atoms with Gasteiger partial charge in [-0.25, -0.2) is 4.98 Å². The summed E-state index contributed by atoms with van der Waals surface area (Å²) in [7, 11) is 0. The molecule has 0 saturated heterocycles. The normalized spacial score (nSPS) is 10.1. The number of benzene rings is 1. The van der Waals surface area contributed by atoms with E-state index in [1.54, 1.807) is 24.3 Å². The number of nitrogen functional groups attached to an aromatic ring is 1. The van der Waals surface area contributed by atoms with Gasteiger partial charge in [0.25, 0.3) is 0 Å². The summed E-state index contributed by atoms with van der Waals surface area (Å²) in [6.07, 6.45) is 0. The maximum atomic E-state index is 11.0. The van der Waals surface area contributed by atoms with Gasteiger partial charge >= 0.3 is 0 Å². The average Bonchev–Trinajstić information content (AvgIpc) is 2.42. The molecular formula is C14H16ClN5O2. The average molecular weight is 322 g/mol. The van der Waals surface area contributed by atoms with Crippen molar-refractivity contribution in [2.75, 3.05) is 29.5 Å². The number of ether oxygens (including phenoxy) is 1. The van der Waals surface area contributed by atoms with Gasteiger partial charge in [0.15, 0.2) is 0 Å². The number of aromatic nitrogens is 2. The second-order valence-corrected chi connectivity index (χ2v) is 4.81. The van der Waals surface area contributed by atoms with E-state index in [0.717, 1.165) is 0 Å². The Balaban J connectivity index is 1.82. The first-order valence-corrected chi connectivity index (χ1v) is 6.95. The van der Waals surface area contributed by atoms with Gasteiger partial charge in [-0.1, -0.05) is 17.7 Å². The third-order valence-electron chi connectivity index (χ3n) is 2.54. The molecule has 0 aliphatic heterocycles. The molecular weight excluding hydrogens is 306 g/mol. The molecule has 0 atom stereocenters. The van der Waals surface area contributed by atoms with Gasteiger partial charge in [-0.3, -0.25) is 4.79 Å². The van der Waals surface area contributed by atoms with Crippen LogP contribution in [0.15, 0.2) is 30.3 Å². The number of nitrogens with two attached hydrogens (primary N) is 1. The van der Waals surface area contributed by atoms with Crippen molar-refractivity contribution in [3.05, 3.63) is 35.5 Å². The molecule has 2 aromatic rings. The number of anilines is 3. The quantitative estimate of drug-likeness (QED) is 0.556. The molecule has 0 saturated carbocycles. The smallest absolute Gasteiger partial charge is 0.223 e. The lowest BCUT2D eigenvalue weighted by molar-refractivity contribution is -0.114. The predicted molar refractivity (Wildman–Crippen MR) is 86.2 cm³/mol. The summed E-state index contributed by atoms with van der Waals surface area (Å²) in [5, 5.41) is 6.00. The fourth-order valence-corrected chi connectivity index (χ4v) is 1.93. The summed E-state index contributed by atoms with van der Waals surface area (Å²) in [5.74, 6) is 1.18. The summed E-state index contributed by atoms with van der Waals surface area (Å²) in [4.78, 5) is 18.8. The molecule has 7 nitrogen and oxygen atoms in total. The van der Waals surface area contributed by atoms with Crippen LogP contribution in [0.5, 0.6) is 5.75 Å². The Morgan fingerprint density at radius 1 is 1.36 bits per heavy atom. The molecule has 0 spiro atoms. The Hall–Kier alpha value is -2.54. The summed E-state index contributed by atoms with van der Waals surface area (Å²) >= 11 is 5.78. The first-order chi connectivity index (χ1) is 10.5. The van der Waals surface area contributed by atoms with Gasteiger partial charge in [-0.15, -0.1) is 0 Å². The van der Waals surface area contributed by atoms with Crippen molar-refractivity contribution in [3.63, 3.8) is 0 Å². The number of nitrogens with zero attached hydrogens (tertiary/aromatic N) is 2. The highest BCUT2D eigenvalue weighted by Gasteiger charge is 2.01. The van der Waals surface area contributed by atoms with Gasteiger partial charge in [-0.2, -0.15) is 4.98 Å². The SMILES string of the molecule is CC(=O)Nc1cccc(OCCNc2cc(Cl)nc(N)n2)c1. The molecule has 0 radical (unpaired) electrons. The molecule has 22 heavy (non-hydrogen) atoms. The van der Waals surface area contributed by atoms with Crippen molar-refractivity contribution in [1.29, 1.82) is 0 Å². The number of nitrogens with one attached hydrogen (secondary N) is 2. The Kier molecular flexibility index (Phi) is 5.37. The number of carbonyl (C=O) groups is 1. The van der Waals surface area contributed by atoms with Crippen molar-refractivity contribution >= 4 is 35.0 Å². The summed E-state index contributed by atoms with van der Waals surface area (Å²) < 4.78 is 5.59. The first-order valence-electron chi connectivity index (χ1n) is 6.57. The lowest BCUT2D eigenvalue weighted by atomic mass is 10.3. The van der Waals surface area contributed by atoms with Crippen LogP contribution in [0.3, 0.4) is 0 Å². The van der Waals surface area contributed by atoms with Crippen LogP contribution in [-0.2, 0) is 4.79 Å². The molecule has 1 amide bonds. The monoisotopic (exact) mass is 321 g/mol. The van der Waals surface area contributed by atoms with E-state index in [0.29, 0.717) is 30.4 Å². The Morgan fingerprint density at radius 2 is 2.18 bits per heavy atom. The van der Waals surface area contributed by atoms with Gasteiger partial charge in [-0.05, 0) is 12.1 Å². The maximum absolute atomic E-state index is 11.0. The second-order valence-electron chi connectivity index (χ2n) is 4.42. The van der Waals surface area contributed by atoms with Crippen molar-refractivity contribution in [3.8, 4) is 5.75 Å². The highest BCUT2D eigenvalue weighted by Crippen LogP contribution is 2.17. The van der Waals surface area contributed by atoms with Crippen LogP contribution in [0.25, 0.3) is 0 Å². The largest absolute Gasteiger partial charge is 0.492 e. The van der Waals surface area contributed by atoms with E-state index in [-0.39, 0.29) is 17.0 Å². The van der Waals surface area contributed by atoms with E-state index >= 15 is 0 Å². The molecule has 2 rings (SSSR count). The predicted octanol–water partition coefficient (Wildman–Crippen LogP) is 2.16. The topological polar surface area (TPSA) is 102 Å². The third kappa shape index (κ3) is 5.10. The van der Waals surface area contributed by atoms with Gasteiger partial charge in [0, 0.05) is 24.7 Å². The Morgan fingerprint density at radius 3 is 2.91 bits per heavy atom. The minimum absolute atomic E-state index is 0.110. The molecule has 1 aromatic heterocycles. The lowest BCUT2D eigenvalue weighted by Gasteiger charge is -2.10. The number of rotatable bonds is 6. The van der Waals surface area contributed by atoms with Crippen LogP contribution in [-0.4, -0.2) is 29.0 Å². The van der Waals surface area contributed by atoms with E-state index in [9.17, 15) is 4.79 Å². The first kappa shape index (κ1) is 15.8. The lowest BCUT2D eigenvalue weighted by Crippen LogP contribution is -2.13. The van der Waals surface area contributed by atoms with Crippen LogP contribution in [0, 0.1) is 0 Å². The van der Waals surface area contributed by atoms with Crippen LogP contribution in [0.4, 0.5) is 17.5 Å². The van der Waals surface area contributed by atoms with Gasteiger partial charge < -0.3 is 21.1 Å². The molecule has 1 aromatic carbocycles. The minimum atomic E-state index is -0.128. The van der Waals surface area contributed by atoms with E-state index in [1.165, 1.54) is 6.92 Å². The Bertz CT molecular complexity index is 645. The fraction of sp³-hybridized carbons (Fsp3) is 0.214. The van der Waals surface area contributed by atoms with Crippen LogP contribution < -0.4 is 21.1 Å². The van der Waals surface area contributed by atoms with Crippen LogP contribution >= 0.6 is 11.6 Å². The van der Waals surface area contributed by atoms with Gasteiger partial charge in [0.2, 0.25) is 11.9 Å². The zero-order chi connectivity index (χ0) is 15.9. The highest BCUT2D eigenvalue weighted by molar-refractivity contribution is 6.29. The number of amides is 1. The molecule has 116 valence electrons. The van der Waals surface area contributed by atoms with Crippen molar-refractivity contribution in [1.82, 2.24) is 9.97 Å². The van der Waals surface area contributed by atoms with Crippen LogP contribution in [0.1, 0.15) is 6.92 Å². The van der Waals surface area contributed by atoms with Crippen molar-refractivity contribution < 1.29 is 9.53 Å². The second kappa shape index (κ2) is 7.46. The minimum Gasteiger partial charge on any atom is -0.492 e. The molecule has 0 fully saturated rings. The van der Waals surface area contributed by atoms with E-state index < -0.39 is 0 Å². The fourth-order valence-electron chi connectivity index (χ4n) is 1.74. The molecule has 0 aliphatic rings. The van der Waals surface area contributed by atoms with Gasteiger partial charge in [0.1, 0.15) is 23.3 Å². The zero-order valence-corrected chi connectivity index (χ0v) is 12.7. The number of halogens is 1. The third-order valence-corrected chi connectivity index (χ3v) is 2.74. The standard InChI is InChI=1S/C14H16ClN5O2/c1-9(21)18-10-3-2-4-11(7-10)22-6-5-17-13-8-12(15)19-14(16)20-13/h2-4,7-8H,5-6H2,1H3,(H,18,21)(H3,16,17,19,20). The molecule has 1 heterocycles. The maximum Gasteiger partial charge on any atom is 0.223 e. The number of hydrogen-bond acceptors (Lipinski definition) is 6. The highest BCUT2D eigenvalue weighted by atomic mass is 35.5. The zero-order valence-electron chi connectivity index (χ0n) is 12.0. The van der Waals surface area contributed by atoms with Crippen LogP contribution in [0.2, 0.25) is 5.15 Å². The summed E-state index contributed by atoms with van der Waals surface area (Å²) in [5.41, 5.74) is 6.19. The summed E-state index contributed by atoms with van der Waals surface area (Å²) in [6.45, 7) is 2.37. The van der Waals surface area contributed by atoms with Crippen molar-refractivity contribution in [2.24, 2.45) is 0 Å².